The number of carbonyl (C=O) groups excluding carboxylic acids is 2. The Bertz CT molecular complexity index is 1050. The lowest BCUT2D eigenvalue weighted by Gasteiger charge is -2.56. The van der Waals surface area contributed by atoms with E-state index in [0.717, 1.165) is 42.6 Å². The van der Waals surface area contributed by atoms with Crippen molar-refractivity contribution in [2.75, 3.05) is 7.11 Å². The molecule has 0 saturated heterocycles. The molecule has 4 fully saturated rings. The van der Waals surface area contributed by atoms with Gasteiger partial charge in [-0.05, 0) is 82.3 Å². The van der Waals surface area contributed by atoms with Crippen LogP contribution in [0.2, 0.25) is 0 Å². The smallest absolute Gasteiger partial charge is 0.321 e. The molecule has 0 radical (unpaired) electrons. The summed E-state index contributed by atoms with van der Waals surface area (Å²) >= 11 is 1.30. The predicted molar refractivity (Wildman–Crippen MR) is 131 cm³/mol. The monoisotopic (exact) mass is 483 g/mol. The van der Waals surface area contributed by atoms with E-state index in [1.54, 1.807) is 14.0 Å². The lowest BCUT2D eigenvalue weighted by molar-refractivity contribution is -0.119. The topological polar surface area (TPSA) is 98.1 Å². The van der Waals surface area contributed by atoms with E-state index in [1.165, 1.54) is 31.0 Å². The van der Waals surface area contributed by atoms with Crippen molar-refractivity contribution in [3.05, 3.63) is 24.3 Å². The Labute approximate surface area is 204 Å². The number of rotatable bonds is 7. The first-order chi connectivity index (χ1) is 16.4. The Hall–Kier alpha value is -2.55. The minimum absolute atomic E-state index is 0.123. The number of hydrogen-bond donors (Lipinski definition) is 2. The molecular formula is C25H33N5O3S. The molecule has 34 heavy (non-hydrogen) atoms. The molecule has 4 saturated carbocycles. The van der Waals surface area contributed by atoms with Crippen molar-refractivity contribution in [3.8, 4) is 17.1 Å². The van der Waals surface area contributed by atoms with Crippen LogP contribution in [0.25, 0.3) is 11.4 Å². The van der Waals surface area contributed by atoms with Crippen LogP contribution < -0.4 is 15.4 Å². The number of ether oxygens (including phenoxy) is 1. The minimum Gasteiger partial charge on any atom is -0.496 e. The lowest BCUT2D eigenvalue weighted by Crippen LogP contribution is -2.62. The molecule has 9 heteroatoms. The average Bonchev–Trinajstić information content (AvgIpc) is 3.19. The summed E-state index contributed by atoms with van der Waals surface area (Å²) in [4.78, 5) is 25.6. The number of thioether (sulfide) groups is 1. The summed E-state index contributed by atoms with van der Waals surface area (Å²) in [5, 5.41) is 14.6. The van der Waals surface area contributed by atoms with Crippen molar-refractivity contribution in [2.45, 2.75) is 74.9 Å². The third-order valence-electron chi connectivity index (χ3n) is 7.69. The number of imide groups is 1. The highest BCUT2D eigenvalue weighted by atomic mass is 32.2. The number of urea groups is 1. The fourth-order valence-electron chi connectivity index (χ4n) is 6.65. The first-order valence-electron chi connectivity index (χ1n) is 12.3. The molecule has 0 spiro atoms. The summed E-state index contributed by atoms with van der Waals surface area (Å²) in [5.41, 5.74) is 0.722. The van der Waals surface area contributed by atoms with Crippen molar-refractivity contribution in [1.82, 2.24) is 25.4 Å². The molecule has 1 aromatic carbocycles. The predicted octanol–water partition coefficient (Wildman–Crippen LogP) is 4.25. The summed E-state index contributed by atoms with van der Waals surface area (Å²) < 4.78 is 7.43. The second kappa shape index (κ2) is 9.24. The van der Waals surface area contributed by atoms with Crippen molar-refractivity contribution in [3.63, 3.8) is 0 Å². The molecule has 1 heterocycles. The van der Waals surface area contributed by atoms with Crippen molar-refractivity contribution in [1.29, 1.82) is 0 Å². The van der Waals surface area contributed by atoms with E-state index in [9.17, 15) is 9.59 Å². The molecule has 4 aliphatic rings. The van der Waals surface area contributed by atoms with Crippen LogP contribution in [-0.2, 0) is 11.3 Å². The first kappa shape index (κ1) is 23.2. The van der Waals surface area contributed by atoms with Gasteiger partial charge in [-0.3, -0.25) is 10.1 Å². The van der Waals surface area contributed by atoms with E-state index in [1.807, 2.05) is 35.8 Å². The quantitative estimate of drug-likeness (QED) is 0.572. The van der Waals surface area contributed by atoms with Gasteiger partial charge in [0, 0.05) is 12.1 Å². The maximum Gasteiger partial charge on any atom is 0.321 e. The second-order valence-corrected chi connectivity index (χ2v) is 11.5. The van der Waals surface area contributed by atoms with Crippen LogP contribution in [0, 0.1) is 17.8 Å². The van der Waals surface area contributed by atoms with Crippen LogP contribution in [0.4, 0.5) is 4.79 Å². The van der Waals surface area contributed by atoms with Crippen molar-refractivity contribution in [2.24, 2.45) is 17.8 Å². The molecule has 6 rings (SSSR count). The van der Waals surface area contributed by atoms with E-state index < -0.39 is 5.25 Å². The number of hydrogen-bond acceptors (Lipinski definition) is 6. The Kier molecular flexibility index (Phi) is 6.31. The summed E-state index contributed by atoms with van der Waals surface area (Å²) in [6.07, 6.45) is 7.08. The van der Waals surface area contributed by atoms with Gasteiger partial charge in [0.25, 0.3) is 0 Å². The maximum absolute atomic E-state index is 12.9. The van der Waals surface area contributed by atoms with E-state index in [0.29, 0.717) is 23.3 Å². The number of carbonyl (C=O) groups is 2. The van der Waals surface area contributed by atoms with Crippen LogP contribution in [0.15, 0.2) is 29.4 Å². The van der Waals surface area contributed by atoms with Crippen LogP contribution in [0.1, 0.15) is 52.4 Å². The molecule has 3 amide bonds. The van der Waals surface area contributed by atoms with Gasteiger partial charge in [0.05, 0.1) is 17.9 Å². The minimum atomic E-state index is -0.498. The summed E-state index contributed by atoms with van der Waals surface area (Å²) in [6, 6.07) is 7.29. The zero-order chi connectivity index (χ0) is 23.9. The number of aromatic nitrogens is 3. The van der Waals surface area contributed by atoms with E-state index in [-0.39, 0.29) is 17.5 Å². The number of benzene rings is 1. The number of nitrogens with zero attached hydrogens (tertiary/aromatic N) is 3. The molecule has 2 aromatic rings. The number of methoxy groups -OCH3 is 1. The average molecular weight is 484 g/mol. The van der Waals surface area contributed by atoms with E-state index in [4.69, 9.17) is 4.74 Å². The molecule has 1 aromatic heterocycles. The van der Waals surface area contributed by atoms with Gasteiger partial charge >= 0.3 is 6.03 Å². The highest BCUT2D eigenvalue weighted by Gasteiger charge is 2.51. The Morgan fingerprint density at radius 2 is 1.79 bits per heavy atom. The highest BCUT2D eigenvalue weighted by Crippen LogP contribution is 2.55. The summed E-state index contributed by atoms with van der Waals surface area (Å²) in [5.74, 6) is 3.28. The standard InChI is InChI=1S/C25H33N5O3S/c1-4-30-21(19-7-5-6-8-20(19)33-3)28-29-24(30)34-15(2)22(31)26-23(32)27-25-12-16-9-17(13-25)11-18(10-16)14-25/h5-8,15-18H,4,9-14H2,1-3H3,(H2,26,27,31,32)/t15-,16?,17?,18?,25?/m0/s1. The van der Waals surface area contributed by atoms with Crippen molar-refractivity contribution >= 4 is 23.7 Å². The molecule has 182 valence electrons. The molecule has 1 atom stereocenters. The lowest BCUT2D eigenvalue weighted by atomic mass is 9.53. The summed E-state index contributed by atoms with van der Waals surface area (Å²) in [7, 11) is 1.63. The number of nitrogens with one attached hydrogen (secondary N) is 2. The third-order valence-corrected chi connectivity index (χ3v) is 8.77. The maximum atomic E-state index is 12.9. The second-order valence-electron chi connectivity index (χ2n) is 10.2. The Balaban J connectivity index is 1.22. The Morgan fingerprint density at radius 3 is 2.41 bits per heavy atom. The van der Waals surface area contributed by atoms with Gasteiger partial charge < -0.3 is 14.6 Å². The van der Waals surface area contributed by atoms with Gasteiger partial charge in [0.1, 0.15) is 5.75 Å². The fourth-order valence-corrected chi connectivity index (χ4v) is 7.56. The van der Waals surface area contributed by atoms with Gasteiger partial charge in [-0.1, -0.05) is 23.9 Å². The molecule has 2 N–H and O–H groups in total. The fraction of sp³-hybridized carbons (Fsp3) is 0.600. The summed E-state index contributed by atoms with van der Waals surface area (Å²) in [6.45, 7) is 4.44. The number of para-hydroxylation sites is 1. The van der Waals surface area contributed by atoms with Crippen LogP contribution in [0.5, 0.6) is 5.75 Å². The largest absolute Gasteiger partial charge is 0.496 e. The third kappa shape index (κ3) is 4.42. The van der Waals surface area contributed by atoms with Gasteiger partial charge in [-0.15, -0.1) is 10.2 Å². The zero-order valence-electron chi connectivity index (χ0n) is 20.0. The van der Waals surface area contributed by atoms with Crippen LogP contribution in [0.3, 0.4) is 0 Å². The SMILES string of the molecule is CCn1c(S[C@@H](C)C(=O)NC(=O)NC23CC4CC(CC(C4)C2)C3)nnc1-c1ccccc1OC. The van der Waals surface area contributed by atoms with Gasteiger partial charge in [0.2, 0.25) is 5.91 Å². The molecule has 0 unspecified atom stereocenters. The molecule has 4 aliphatic carbocycles. The van der Waals surface area contributed by atoms with Crippen LogP contribution in [-0.4, -0.2) is 44.6 Å². The molecular weight excluding hydrogens is 450 g/mol. The highest BCUT2D eigenvalue weighted by molar-refractivity contribution is 8.00. The first-order valence-corrected chi connectivity index (χ1v) is 13.1. The molecule has 4 bridgehead atoms. The Morgan fingerprint density at radius 1 is 1.15 bits per heavy atom. The number of amides is 3. The van der Waals surface area contributed by atoms with E-state index in [2.05, 4.69) is 20.8 Å². The molecule has 8 nitrogen and oxygen atoms in total. The van der Waals surface area contributed by atoms with Crippen LogP contribution >= 0.6 is 11.8 Å². The van der Waals surface area contributed by atoms with Gasteiger partial charge in [0.15, 0.2) is 11.0 Å². The van der Waals surface area contributed by atoms with Gasteiger partial charge in [-0.25, -0.2) is 4.79 Å². The van der Waals surface area contributed by atoms with Crippen molar-refractivity contribution < 1.29 is 14.3 Å². The van der Waals surface area contributed by atoms with E-state index >= 15 is 0 Å². The normalized spacial score (nSPS) is 27.9. The van der Waals surface area contributed by atoms with Gasteiger partial charge in [-0.2, -0.15) is 0 Å². The zero-order valence-corrected chi connectivity index (χ0v) is 20.9. The molecule has 0 aliphatic heterocycles.